The molecule has 1 aliphatic heterocycles. The fraction of sp³-hybridized carbons (Fsp3) is 0.750. The molecule has 2 heterocycles. The fourth-order valence-corrected chi connectivity index (χ4v) is 3.74. The molecule has 0 spiro atoms. The number of anilines is 2. The first-order valence-electron chi connectivity index (χ1n) is 8.43. The summed E-state index contributed by atoms with van der Waals surface area (Å²) < 4.78 is 0. The lowest BCUT2D eigenvalue weighted by Crippen LogP contribution is -2.50. The Balaban J connectivity index is 1.43. The van der Waals surface area contributed by atoms with Crippen molar-refractivity contribution < 1.29 is 0 Å². The summed E-state index contributed by atoms with van der Waals surface area (Å²) in [4.78, 5) is 14.2. The summed E-state index contributed by atoms with van der Waals surface area (Å²) in [5.74, 6) is 3.19. The molecule has 1 saturated heterocycles. The summed E-state index contributed by atoms with van der Waals surface area (Å²) in [6.45, 7) is 4.45. The zero-order valence-electron chi connectivity index (χ0n) is 12.7. The molecule has 2 N–H and O–H groups in total. The summed E-state index contributed by atoms with van der Waals surface area (Å²) in [5, 5.41) is 0. The molecule has 0 atom stereocenters. The standard InChI is InChI=1S/C16H25N5/c17-14-11-15(19-16(18-14)12-5-6-12)21-9-7-20(8-10-21)13-3-1-2-4-13/h11-13H,1-10H2,(H2,17,18,19). The molecule has 2 saturated carbocycles. The van der Waals surface area contributed by atoms with Crippen molar-refractivity contribution in [2.45, 2.75) is 50.5 Å². The molecule has 4 rings (SSSR count). The molecule has 3 aliphatic rings. The summed E-state index contributed by atoms with van der Waals surface area (Å²) in [5.41, 5.74) is 5.97. The zero-order valence-corrected chi connectivity index (χ0v) is 12.7. The topological polar surface area (TPSA) is 58.3 Å². The minimum atomic E-state index is 0.562. The Morgan fingerprint density at radius 1 is 0.952 bits per heavy atom. The third kappa shape index (κ3) is 2.84. The van der Waals surface area contributed by atoms with Crippen LogP contribution in [0, 0.1) is 0 Å². The van der Waals surface area contributed by atoms with Gasteiger partial charge in [0.25, 0.3) is 0 Å². The number of hydrogen-bond donors (Lipinski definition) is 1. The Hall–Kier alpha value is -1.36. The molecule has 0 aromatic carbocycles. The quantitative estimate of drug-likeness (QED) is 0.921. The number of hydrogen-bond acceptors (Lipinski definition) is 5. The van der Waals surface area contributed by atoms with Crippen LogP contribution in [0.15, 0.2) is 6.07 Å². The molecule has 2 aliphatic carbocycles. The van der Waals surface area contributed by atoms with Crippen LogP contribution in [0.25, 0.3) is 0 Å². The van der Waals surface area contributed by atoms with Crippen LogP contribution in [0.4, 0.5) is 11.6 Å². The van der Waals surface area contributed by atoms with Gasteiger partial charge in [0.15, 0.2) is 0 Å². The molecular weight excluding hydrogens is 262 g/mol. The van der Waals surface area contributed by atoms with Gasteiger partial charge in [0.2, 0.25) is 0 Å². The van der Waals surface area contributed by atoms with Crippen LogP contribution in [-0.4, -0.2) is 47.1 Å². The van der Waals surface area contributed by atoms with Gasteiger partial charge in [-0.05, 0) is 25.7 Å². The van der Waals surface area contributed by atoms with Gasteiger partial charge in [-0.25, -0.2) is 9.97 Å². The minimum Gasteiger partial charge on any atom is -0.384 e. The number of rotatable bonds is 3. The van der Waals surface area contributed by atoms with Crippen LogP contribution < -0.4 is 10.6 Å². The van der Waals surface area contributed by atoms with Crippen LogP contribution in [-0.2, 0) is 0 Å². The Labute approximate surface area is 126 Å². The number of nitrogens with zero attached hydrogens (tertiary/aromatic N) is 4. The molecule has 114 valence electrons. The van der Waals surface area contributed by atoms with Crippen molar-refractivity contribution in [1.29, 1.82) is 0 Å². The van der Waals surface area contributed by atoms with Crippen LogP contribution in [0.2, 0.25) is 0 Å². The van der Waals surface area contributed by atoms with Crippen LogP contribution in [0.5, 0.6) is 0 Å². The van der Waals surface area contributed by atoms with E-state index in [0.717, 1.165) is 43.9 Å². The van der Waals surface area contributed by atoms with E-state index in [1.807, 2.05) is 6.07 Å². The highest BCUT2D eigenvalue weighted by Gasteiger charge is 2.29. The fourth-order valence-electron chi connectivity index (χ4n) is 3.74. The molecule has 0 radical (unpaired) electrons. The highest BCUT2D eigenvalue weighted by molar-refractivity contribution is 5.48. The first kappa shape index (κ1) is 13.3. The first-order chi connectivity index (χ1) is 10.3. The Kier molecular flexibility index (Phi) is 3.45. The van der Waals surface area contributed by atoms with E-state index in [2.05, 4.69) is 14.8 Å². The van der Waals surface area contributed by atoms with Crippen molar-refractivity contribution >= 4 is 11.6 Å². The van der Waals surface area contributed by atoms with Gasteiger partial charge >= 0.3 is 0 Å². The predicted molar refractivity (Wildman–Crippen MR) is 84.5 cm³/mol. The van der Waals surface area contributed by atoms with Crippen LogP contribution >= 0.6 is 0 Å². The summed E-state index contributed by atoms with van der Waals surface area (Å²) in [6, 6.07) is 2.78. The van der Waals surface area contributed by atoms with E-state index >= 15 is 0 Å². The third-order valence-electron chi connectivity index (χ3n) is 5.17. The molecule has 0 amide bonds. The van der Waals surface area contributed by atoms with E-state index in [-0.39, 0.29) is 0 Å². The van der Waals surface area contributed by atoms with E-state index in [0.29, 0.717) is 11.7 Å². The monoisotopic (exact) mass is 287 g/mol. The van der Waals surface area contributed by atoms with E-state index in [1.165, 1.54) is 38.5 Å². The van der Waals surface area contributed by atoms with E-state index < -0.39 is 0 Å². The Morgan fingerprint density at radius 3 is 2.33 bits per heavy atom. The second-order valence-corrected chi connectivity index (χ2v) is 6.74. The molecule has 5 heteroatoms. The lowest BCUT2D eigenvalue weighted by Gasteiger charge is -2.38. The van der Waals surface area contributed by atoms with Gasteiger partial charge in [0, 0.05) is 44.2 Å². The van der Waals surface area contributed by atoms with Gasteiger partial charge in [0.05, 0.1) is 0 Å². The molecule has 0 unspecified atom stereocenters. The van der Waals surface area contributed by atoms with Gasteiger partial charge in [-0.1, -0.05) is 12.8 Å². The average molecular weight is 287 g/mol. The Bertz CT molecular complexity index is 499. The third-order valence-corrected chi connectivity index (χ3v) is 5.17. The molecular formula is C16H25N5. The van der Waals surface area contributed by atoms with Crippen molar-refractivity contribution in [2.75, 3.05) is 36.8 Å². The number of nitrogen functional groups attached to an aromatic ring is 1. The highest BCUT2D eigenvalue weighted by Crippen LogP contribution is 2.39. The lowest BCUT2D eigenvalue weighted by atomic mass is 10.2. The van der Waals surface area contributed by atoms with Crippen molar-refractivity contribution in [3.8, 4) is 0 Å². The number of piperazine rings is 1. The van der Waals surface area contributed by atoms with Crippen molar-refractivity contribution in [3.05, 3.63) is 11.9 Å². The van der Waals surface area contributed by atoms with E-state index in [9.17, 15) is 0 Å². The van der Waals surface area contributed by atoms with Crippen molar-refractivity contribution in [1.82, 2.24) is 14.9 Å². The first-order valence-corrected chi connectivity index (χ1v) is 8.43. The van der Waals surface area contributed by atoms with Gasteiger partial charge in [0.1, 0.15) is 17.5 Å². The molecule has 5 nitrogen and oxygen atoms in total. The second kappa shape index (κ2) is 5.44. The van der Waals surface area contributed by atoms with E-state index in [1.54, 1.807) is 0 Å². The number of nitrogens with two attached hydrogens (primary N) is 1. The van der Waals surface area contributed by atoms with E-state index in [4.69, 9.17) is 10.7 Å². The number of aromatic nitrogens is 2. The van der Waals surface area contributed by atoms with Crippen molar-refractivity contribution in [3.63, 3.8) is 0 Å². The Morgan fingerprint density at radius 2 is 1.67 bits per heavy atom. The summed E-state index contributed by atoms with van der Waals surface area (Å²) in [6.07, 6.45) is 8.06. The molecule has 1 aromatic heterocycles. The maximum atomic E-state index is 5.97. The van der Waals surface area contributed by atoms with Crippen LogP contribution in [0.3, 0.4) is 0 Å². The summed E-state index contributed by atoms with van der Waals surface area (Å²) >= 11 is 0. The predicted octanol–water partition coefficient (Wildman–Crippen LogP) is 2.00. The van der Waals surface area contributed by atoms with Crippen LogP contribution in [0.1, 0.15) is 50.3 Å². The minimum absolute atomic E-state index is 0.562. The van der Waals surface area contributed by atoms with Gasteiger partial charge in [-0.15, -0.1) is 0 Å². The molecule has 1 aromatic rings. The normalized spacial score (nSPS) is 24.7. The van der Waals surface area contributed by atoms with Gasteiger partial charge < -0.3 is 10.6 Å². The molecule has 3 fully saturated rings. The zero-order chi connectivity index (χ0) is 14.2. The largest absolute Gasteiger partial charge is 0.384 e. The van der Waals surface area contributed by atoms with Gasteiger partial charge in [-0.3, -0.25) is 4.90 Å². The molecule has 21 heavy (non-hydrogen) atoms. The smallest absolute Gasteiger partial charge is 0.136 e. The average Bonchev–Trinajstić information content (AvgIpc) is 3.22. The summed E-state index contributed by atoms with van der Waals surface area (Å²) in [7, 11) is 0. The molecule has 0 bridgehead atoms. The van der Waals surface area contributed by atoms with Gasteiger partial charge in [-0.2, -0.15) is 0 Å². The highest BCUT2D eigenvalue weighted by atomic mass is 15.3. The lowest BCUT2D eigenvalue weighted by molar-refractivity contribution is 0.187. The maximum Gasteiger partial charge on any atom is 0.136 e. The maximum absolute atomic E-state index is 5.97. The SMILES string of the molecule is Nc1cc(N2CCN(C3CCCC3)CC2)nc(C2CC2)n1. The van der Waals surface area contributed by atoms with Crippen molar-refractivity contribution in [2.24, 2.45) is 0 Å². The second-order valence-electron chi connectivity index (χ2n) is 6.74.